The van der Waals surface area contributed by atoms with E-state index in [4.69, 9.17) is 10.2 Å². The first-order valence-corrected chi connectivity index (χ1v) is 9.01. The SMILES string of the molecule is O=C(c1ccccc1)c1ccccc1O.Oc1ccc(-c2ccc(O)cc2)cc1. The lowest BCUT2D eigenvalue weighted by molar-refractivity contribution is 0.103. The van der Waals surface area contributed by atoms with E-state index < -0.39 is 0 Å². The number of para-hydroxylation sites is 1. The Morgan fingerprint density at radius 3 is 1.45 bits per heavy atom. The Hall–Kier alpha value is -4.05. The van der Waals surface area contributed by atoms with Gasteiger partial charge in [-0.05, 0) is 47.5 Å². The lowest BCUT2D eigenvalue weighted by Crippen LogP contribution is -2.00. The van der Waals surface area contributed by atoms with Crippen LogP contribution in [-0.4, -0.2) is 21.1 Å². The summed E-state index contributed by atoms with van der Waals surface area (Å²) in [5.74, 6) is 0.375. The number of phenols is 3. The van der Waals surface area contributed by atoms with Crippen LogP contribution in [0.1, 0.15) is 15.9 Å². The van der Waals surface area contributed by atoms with E-state index in [1.807, 2.05) is 30.3 Å². The minimum absolute atomic E-state index is 0.0198. The van der Waals surface area contributed by atoms with Crippen molar-refractivity contribution in [1.82, 2.24) is 0 Å². The molecule has 0 aliphatic rings. The molecule has 0 amide bonds. The van der Waals surface area contributed by atoms with Crippen molar-refractivity contribution in [1.29, 1.82) is 0 Å². The van der Waals surface area contributed by atoms with Crippen molar-refractivity contribution in [2.24, 2.45) is 0 Å². The Labute approximate surface area is 169 Å². The maximum Gasteiger partial charge on any atom is 0.196 e. The van der Waals surface area contributed by atoms with Gasteiger partial charge in [-0.2, -0.15) is 0 Å². The molecule has 0 radical (unpaired) electrons. The third-order valence-electron chi connectivity index (χ3n) is 4.25. The molecule has 4 nitrogen and oxygen atoms in total. The Morgan fingerprint density at radius 1 is 0.517 bits per heavy atom. The highest BCUT2D eigenvalue weighted by Crippen LogP contribution is 2.23. The monoisotopic (exact) mass is 384 g/mol. The van der Waals surface area contributed by atoms with Crippen molar-refractivity contribution in [3.63, 3.8) is 0 Å². The summed E-state index contributed by atoms with van der Waals surface area (Å²) in [6.45, 7) is 0. The summed E-state index contributed by atoms with van der Waals surface area (Å²) in [6.07, 6.45) is 0. The first-order chi connectivity index (χ1) is 14.0. The molecule has 0 heterocycles. The zero-order valence-corrected chi connectivity index (χ0v) is 15.6. The number of hydrogen-bond acceptors (Lipinski definition) is 4. The molecule has 0 aliphatic heterocycles. The zero-order valence-electron chi connectivity index (χ0n) is 15.6. The molecule has 29 heavy (non-hydrogen) atoms. The van der Waals surface area contributed by atoms with Gasteiger partial charge >= 0.3 is 0 Å². The molecule has 0 bridgehead atoms. The fraction of sp³-hybridized carbons (Fsp3) is 0. The minimum atomic E-state index is -0.159. The largest absolute Gasteiger partial charge is 0.508 e. The molecule has 4 aromatic carbocycles. The molecule has 0 aliphatic carbocycles. The molecular weight excluding hydrogens is 364 g/mol. The number of phenolic OH excluding ortho intramolecular Hbond substituents is 3. The fourth-order valence-electron chi connectivity index (χ4n) is 2.72. The summed E-state index contributed by atoms with van der Waals surface area (Å²) in [5, 5.41) is 27.7. The molecule has 0 saturated heterocycles. The van der Waals surface area contributed by atoms with Gasteiger partial charge in [0.2, 0.25) is 0 Å². The number of aromatic hydroxyl groups is 3. The van der Waals surface area contributed by atoms with Gasteiger partial charge in [-0.25, -0.2) is 0 Å². The third-order valence-corrected chi connectivity index (χ3v) is 4.25. The van der Waals surface area contributed by atoms with Gasteiger partial charge in [-0.3, -0.25) is 4.79 Å². The first-order valence-electron chi connectivity index (χ1n) is 9.01. The van der Waals surface area contributed by atoms with Crippen molar-refractivity contribution in [3.8, 4) is 28.4 Å². The number of carbonyl (C=O) groups is 1. The number of hydrogen-bond donors (Lipinski definition) is 3. The van der Waals surface area contributed by atoms with Crippen molar-refractivity contribution in [3.05, 3.63) is 114 Å². The van der Waals surface area contributed by atoms with Crippen molar-refractivity contribution < 1.29 is 20.1 Å². The summed E-state index contributed by atoms with van der Waals surface area (Å²) in [7, 11) is 0. The van der Waals surface area contributed by atoms with E-state index in [1.54, 1.807) is 66.7 Å². The average Bonchev–Trinajstić information content (AvgIpc) is 2.76. The number of rotatable bonds is 3. The molecule has 144 valence electrons. The lowest BCUT2D eigenvalue weighted by atomic mass is 10.0. The molecule has 4 rings (SSSR count). The maximum atomic E-state index is 11.9. The van der Waals surface area contributed by atoms with Crippen LogP contribution < -0.4 is 0 Å². The summed E-state index contributed by atoms with van der Waals surface area (Å²) in [5.41, 5.74) is 2.95. The topological polar surface area (TPSA) is 77.8 Å². The van der Waals surface area contributed by atoms with E-state index in [0.717, 1.165) is 11.1 Å². The Balaban J connectivity index is 0.000000166. The van der Waals surface area contributed by atoms with Crippen LogP contribution >= 0.6 is 0 Å². The minimum Gasteiger partial charge on any atom is -0.508 e. The van der Waals surface area contributed by atoms with Gasteiger partial charge in [-0.15, -0.1) is 0 Å². The van der Waals surface area contributed by atoms with Crippen LogP contribution in [0.15, 0.2) is 103 Å². The normalized spacial score (nSPS) is 9.93. The Morgan fingerprint density at radius 2 is 0.966 bits per heavy atom. The van der Waals surface area contributed by atoms with E-state index in [9.17, 15) is 9.90 Å². The summed E-state index contributed by atoms with van der Waals surface area (Å²) in [6, 6.07) is 29.4. The molecule has 0 unspecified atom stereocenters. The first kappa shape index (κ1) is 19.7. The second kappa shape index (κ2) is 9.24. The van der Waals surface area contributed by atoms with Crippen LogP contribution in [-0.2, 0) is 0 Å². The molecule has 0 atom stereocenters. The van der Waals surface area contributed by atoms with Crippen LogP contribution in [0.3, 0.4) is 0 Å². The van der Waals surface area contributed by atoms with Gasteiger partial charge in [0.25, 0.3) is 0 Å². The number of carbonyl (C=O) groups excluding carboxylic acids is 1. The maximum absolute atomic E-state index is 11.9. The van der Waals surface area contributed by atoms with Gasteiger partial charge < -0.3 is 15.3 Å². The molecule has 0 saturated carbocycles. The Kier molecular flexibility index (Phi) is 6.28. The van der Waals surface area contributed by atoms with Gasteiger partial charge in [0.05, 0.1) is 5.56 Å². The van der Waals surface area contributed by atoms with E-state index in [-0.39, 0.29) is 23.0 Å². The summed E-state index contributed by atoms with van der Waals surface area (Å²) in [4.78, 5) is 11.9. The van der Waals surface area contributed by atoms with Crippen molar-refractivity contribution in [2.75, 3.05) is 0 Å². The van der Waals surface area contributed by atoms with Gasteiger partial charge in [0.1, 0.15) is 17.2 Å². The van der Waals surface area contributed by atoms with Gasteiger partial charge in [0, 0.05) is 5.56 Å². The van der Waals surface area contributed by atoms with Crippen LogP contribution in [0.2, 0.25) is 0 Å². The van der Waals surface area contributed by atoms with Crippen molar-refractivity contribution in [2.45, 2.75) is 0 Å². The van der Waals surface area contributed by atoms with Crippen LogP contribution in [0.25, 0.3) is 11.1 Å². The van der Waals surface area contributed by atoms with Gasteiger partial charge in [0.15, 0.2) is 5.78 Å². The van der Waals surface area contributed by atoms with Crippen LogP contribution in [0, 0.1) is 0 Å². The molecular formula is C25H20O4. The van der Waals surface area contributed by atoms with Crippen LogP contribution in [0.5, 0.6) is 17.2 Å². The van der Waals surface area contributed by atoms with E-state index in [2.05, 4.69) is 0 Å². The smallest absolute Gasteiger partial charge is 0.196 e. The number of ketones is 1. The van der Waals surface area contributed by atoms with Crippen molar-refractivity contribution >= 4 is 5.78 Å². The predicted octanol–water partition coefficient (Wildman–Crippen LogP) is 5.39. The highest BCUT2D eigenvalue weighted by Gasteiger charge is 2.11. The highest BCUT2D eigenvalue weighted by atomic mass is 16.3. The molecule has 0 aromatic heterocycles. The quantitative estimate of drug-likeness (QED) is 0.414. The third kappa shape index (κ3) is 5.23. The van der Waals surface area contributed by atoms with E-state index >= 15 is 0 Å². The molecule has 4 aromatic rings. The van der Waals surface area contributed by atoms with E-state index in [1.165, 1.54) is 6.07 Å². The highest BCUT2D eigenvalue weighted by molar-refractivity contribution is 6.10. The second-order valence-electron chi connectivity index (χ2n) is 6.31. The molecule has 0 fully saturated rings. The zero-order chi connectivity index (χ0) is 20.6. The van der Waals surface area contributed by atoms with Gasteiger partial charge in [-0.1, -0.05) is 66.7 Å². The lowest BCUT2D eigenvalue weighted by Gasteiger charge is -2.02. The molecule has 0 spiro atoms. The van der Waals surface area contributed by atoms with Crippen LogP contribution in [0.4, 0.5) is 0 Å². The standard InChI is InChI=1S/C13H10O2.C12H10O2/c14-12-9-5-4-8-11(12)13(15)10-6-2-1-3-7-10;13-11-5-1-9(2-6-11)10-3-7-12(14)8-4-10/h1-9,14H;1-8,13-14H. The Bertz CT molecular complexity index is 1030. The fourth-order valence-corrected chi connectivity index (χ4v) is 2.72. The molecule has 3 N–H and O–H groups in total. The molecule has 4 heteroatoms. The van der Waals surface area contributed by atoms with E-state index in [0.29, 0.717) is 11.1 Å². The summed E-state index contributed by atoms with van der Waals surface area (Å²) < 4.78 is 0. The predicted molar refractivity (Wildman–Crippen MR) is 113 cm³/mol. The second-order valence-corrected chi connectivity index (χ2v) is 6.31. The average molecular weight is 384 g/mol. The number of benzene rings is 4. The summed E-state index contributed by atoms with van der Waals surface area (Å²) >= 11 is 0.